The van der Waals surface area contributed by atoms with Gasteiger partial charge in [0.25, 0.3) is 5.91 Å². The number of amides is 1. The summed E-state index contributed by atoms with van der Waals surface area (Å²) in [6.07, 6.45) is 0. The first kappa shape index (κ1) is 24.0. The number of aromatic nitrogens is 1. The second-order valence-electron chi connectivity index (χ2n) is 7.83. The largest absolute Gasteiger partial charge is 0.494 e. The minimum absolute atomic E-state index is 0.122. The van der Waals surface area contributed by atoms with Gasteiger partial charge in [-0.1, -0.05) is 29.3 Å². The fraction of sp³-hybridized carbons (Fsp3) is 0.160. The second-order valence-corrected chi connectivity index (χ2v) is 9.06. The minimum atomic E-state index is -0.456. The van der Waals surface area contributed by atoms with Crippen molar-refractivity contribution in [3.8, 4) is 17.2 Å². The second kappa shape index (κ2) is 9.62. The molecule has 4 aromatic rings. The topological polar surface area (TPSA) is 76.4 Å². The quantitative estimate of drug-likeness (QED) is 0.290. The number of nitrogens with one attached hydrogen (secondary N) is 2. The molecule has 0 saturated heterocycles. The summed E-state index contributed by atoms with van der Waals surface area (Å²) in [7, 11) is 1.45. The number of thiocarbonyl (C=S) groups is 1. The van der Waals surface area contributed by atoms with Gasteiger partial charge < -0.3 is 14.5 Å². The number of halogens is 2. The van der Waals surface area contributed by atoms with E-state index >= 15 is 0 Å². The van der Waals surface area contributed by atoms with Gasteiger partial charge in [0.15, 0.2) is 16.4 Å². The van der Waals surface area contributed by atoms with Crippen LogP contribution in [0.4, 0.5) is 5.69 Å². The number of benzene rings is 3. The zero-order valence-electron chi connectivity index (χ0n) is 18.9. The van der Waals surface area contributed by atoms with Crippen molar-refractivity contribution in [2.24, 2.45) is 0 Å². The van der Waals surface area contributed by atoms with Crippen LogP contribution in [0.5, 0.6) is 5.75 Å². The normalized spacial score (nSPS) is 10.9. The molecule has 174 valence electrons. The highest BCUT2D eigenvalue weighted by Crippen LogP contribution is 2.34. The number of ether oxygens (including phenoxy) is 1. The molecular formula is C25H21Cl2N3O3S. The Morgan fingerprint density at radius 1 is 1.00 bits per heavy atom. The summed E-state index contributed by atoms with van der Waals surface area (Å²) in [5.41, 5.74) is 6.49. The number of carbonyl (C=O) groups is 1. The van der Waals surface area contributed by atoms with Crippen LogP contribution in [0.1, 0.15) is 27.0 Å². The number of rotatable bonds is 4. The number of hydrogen-bond donors (Lipinski definition) is 2. The first-order valence-electron chi connectivity index (χ1n) is 10.3. The van der Waals surface area contributed by atoms with Gasteiger partial charge >= 0.3 is 0 Å². The lowest BCUT2D eigenvalue weighted by Gasteiger charge is -2.13. The van der Waals surface area contributed by atoms with Gasteiger partial charge in [-0.25, -0.2) is 4.98 Å². The van der Waals surface area contributed by atoms with Crippen LogP contribution in [0, 0.1) is 20.8 Å². The average molecular weight is 514 g/mol. The zero-order chi connectivity index (χ0) is 24.6. The molecule has 0 radical (unpaired) electrons. The van der Waals surface area contributed by atoms with Crippen LogP contribution in [0.2, 0.25) is 10.0 Å². The first-order chi connectivity index (χ1) is 16.2. The maximum Gasteiger partial charge on any atom is 0.257 e. The molecule has 0 aliphatic heterocycles. The number of hydrogen-bond acceptors (Lipinski definition) is 5. The van der Waals surface area contributed by atoms with Crippen LogP contribution >= 0.6 is 35.4 Å². The molecule has 0 bridgehead atoms. The average Bonchev–Trinajstić information content (AvgIpc) is 3.17. The molecule has 0 spiro atoms. The van der Waals surface area contributed by atoms with E-state index in [0.29, 0.717) is 17.3 Å². The summed E-state index contributed by atoms with van der Waals surface area (Å²) >= 11 is 17.6. The van der Waals surface area contributed by atoms with Gasteiger partial charge in [-0.15, -0.1) is 0 Å². The highest BCUT2D eigenvalue weighted by Gasteiger charge is 2.16. The molecule has 9 heteroatoms. The lowest BCUT2D eigenvalue weighted by Crippen LogP contribution is -2.34. The Hall–Kier alpha value is -3.13. The van der Waals surface area contributed by atoms with Gasteiger partial charge in [0.1, 0.15) is 5.52 Å². The van der Waals surface area contributed by atoms with Crippen LogP contribution in [0.3, 0.4) is 0 Å². The van der Waals surface area contributed by atoms with E-state index in [-0.39, 0.29) is 20.7 Å². The Balaban J connectivity index is 1.54. The van der Waals surface area contributed by atoms with Gasteiger partial charge in [0.05, 0.1) is 17.2 Å². The number of fused-ring (bicyclic) bond motifs is 1. The molecule has 2 N–H and O–H groups in total. The van der Waals surface area contributed by atoms with E-state index < -0.39 is 5.91 Å². The Bertz CT molecular complexity index is 1390. The minimum Gasteiger partial charge on any atom is -0.494 e. The molecule has 0 saturated carbocycles. The van der Waals surface area contributed by atoms with Crippen molar-refractivity contribution in [3.63, 3.8) is 0 Å². The van der Waals surface area contributed by atoms with Crippen LogP contribution in [-0.4, -0.2) is 23.1 Å². The van der Waals surface area contributed by atoms with Crippen LogP contribution < -0.4 is 15.4 Å². The van der Waals surface area contributed by atoms with Crippen molar-refractivity contribution in [3.05, 3.63) is 74.8 Å². The molecule has 0 aliphatic rings. The molecule has 34 heavy (non-hydrogen) atoms. The van der Waals surface area contributed by atoms with E-state index in [4.69, 9.17) is 44.6 Å². The predicted molar refractivity (Wildman–Crippen MR) is 140 cm³/mol. The Morgan fingerprint density at radius 3 is 2.35 bits per heavy atom. The number of anilines is 1. The highest BCUT2D eigenvalue weighted by molar-refractivity contribution is 7.80. The molecular weight excluding hydrogens is 493 g/mol. The summed E-state index contributed by atoms with van der Waals surface area (Å²) in [4.78, 5) is 17.3. The number of carbonyl (C=O) groups excluding carboxylic acids is 1. The number of aryl methyl sites for hydroxylation is 3. The molecule has 0 unspecified atom stereocenters. The van der Waals surface area contributed by atoms with E-state index in [1.807, 2.05) is 51.1 Å². The van der Waals surface area contributed by atoms with Crippen LogP contribution in [-0.2, 0) is 0 Å². The lowest BCUT2D eigenvalue weighted by molar-refractivity contribution is 0.0977. The van der Waals surface area contributed by atoms with Crippen molar-refractivity contribution >= 4 is 63.2 Å². The summed E-state index contributed by atoms with van der Waals surface area (Å²) < 4.78 is 11.1. The van der Waals surface area contributed by atoms with Gasteiger partial charge in [-0.2, -0.15) is 0 Å². The van der Waals surface area contributed by atoms with Crippen LogP contribution in [0.15, 0.2) is 46.9 Å². The van der Waals surface area contributed by atoms with Crippen molar-refractivity contribution in [1.29, 1.82) is 0 Å². The number of nitrogens with zero attached hydrogens (tertiary/aromatic N) is 1. The van der Waals surface area contributed by atoms with Crippen LogP contribution in [0.25, 0.3) is 22.6 Å². The van der Waals surface area contributed by atoms with E-state index in [2.05, 4.69) is 15.6 Å². The van der Waals surface area contributed by atoms with E-state index in [1.54, 1.807) is 0 Å². The summed E-state index contributed by atoms with van der Waals surface area (Å²) in [5.74, 6) is 0.348. The Morgan fingerprint density at radius 2 is 1.68 bits per heavy atom. The van der Waals surface area contributed by atoms with Gasteiger partial charge in [0, 0.05) is 16.8 Å². The van der Waals surface area contributed by atoms with Gasteiger partial charge in [0.2, 0.25) is 5.89 Å². The smallest absolute Gasteiger partial charge is 0.257 e. The third-order valence-corrected chi connectivity index (χ3v) is 6.19. The van der Waals surface area contributed by atoms with Gasteiger partial charge in [-0.05, 0) is 86.1 Å². The molecule has 4 rings (SSSR count). The summed E-state index contributed by atoms with van der Waals surface area (Å²) in [6.45, 7) is 6.01. The maximum atomic E-state index is 12.7. The van der Waals surface area contributed by atoms with Crippen molar-refractivity contribution in [1.82, 2.24) is 10.3 Å². The van der Waals surface area contributed by atoms with Crippen molar-refractivity contribution < 1.29 is 13.9 Å². The SMILES string of the molecule is COc1c(Cl)cc(C(=O)NC(=S)Nc2cc(-c3nc4cc(C)c(C)cc4o3)ccc2C)cc1Cl. The zero-order valence-corrected chi connectivity index (χ0v) is 21.2. The molecule has 1 amide bonds. The Labute approximate surface area is 212 Å². The molecule has 6 nitrogen and oxygen atoms in total. The first-order valence-corrected chi connectivity index (χ1v) is 11.5. The molecule has 1 aromatic heterocycles. The van der Waals surface area contributed by atoms with Crippen molar-refractivity contribution in [2.45, 2.75) is 20.8 Å². The molecule has 0 atom stereocenters. The molecule has 0 aliphatic carbocycles. The third kappa shape index (κ3) is 4.87. The van der Waals surface area contributed by atoms with E-state index in [9.17, 15) is 4.79 Å². The fourth-order valence-corrected chi connectivity index (χ4v) is 4.25. The third-order valence-electron chi connectivity index (χ3n) is 5.43. The summed E-state index contributed by atoms with van der Waals surface area (Å²) in [6, 6.07) is 12.6. The fourth-order valence-electron chi connectivity index (χ4n) is 3.41. The standard InChI is InChI=1S/C25H21Cl2N3O3S/c1-12-5-6-15(24-28-20-7-13(2)14(3)8-21(20)33-24)11-19(12)29-25(34)30-23(31)16-9-17(26)22(32-4)18(27)10-16/h5-11H,1-4H3,(H2,29,30,31,34). The highest BCUT2D eigenvalue weighted by atomic mass is 35.5. The monoisotopic (exact) mass is 513 g/mol. The van der Waals surface area contributed by atoms with E-state index in [0.717, 1.165) is 33.4 Å². The van der Waals surface area contributed by atoms with E-state index in [1.165, 1.54) is 19.2 Å². The lowest BCUT2D eigenvalue weighted by atomic mass is 10.1. The van der Waals surface area contributed by atoms with Gasteiger partial charge in [-0.3, -0.25) is 10.1 Å². The molecule has 3 aromatic carbocycles. The summed E-state index contributed by atoms with van der Waals surface area (Å²) in [5, 5.41) is 6.28. The van der Waals surface area contributed by atoms with Crippen molar-refractivity contribution in [2.75, 3.05) is 12.4 Å². The number of methoxy groups -OCH3 is 1. The molecule has 1 heterocycles. The number of oxazole rings is 1. The molecule has 0 fully saturated rings. The Kier molecular flexibility index (Phi) is 6.79. The maximum absolute atomic E-state index is 12.7. The predicted octanol–water partition coefficient (Wildman–Crippen LogP) is 6.86.